The van der Waals surface area contributed by atoms with Gasteiger partial charge in [-0.05, 0) is 31.2 Å². The fraction of sp³-hybridized carbons (Fsp3) is 0.207. The third-order valence-electron chi connectivity index (χ3n) is 7.16. The van der Waals surface area contributed by atoms with Crippen molar-refractivity contribution in [1.29, 1.82) is 0 Å². The fourth-order valence-electron chi connectivity index (χ4n) is 5.41. The predicted octanol–water partition coefficient (Wildman–Crippen LogP) is 5.62. The van der Waals surface area contributed by atoms with Crippen LogP contribution in [0, 0.1) is 12.7 Å². The van der Waals surface area contributed by atoms with Gasteiger partial charge in [-0.15, -0.1) is 0 Å². The van der Waals surface area contributed by atoms with E-state index in [9.17, 15) is 9.18 Å². The number of halogens is 1. The van der Waals surface area contributed by atoms with Crippen LogP contribution >= 0.6 is 0 Å². The molecule has 0 radical (unpaired) electrons. The van der Waals surface area contributed by atoms with Crippen molar-refractivity contribution in [2.75, 3.05) is 18.5 Å². The Morgan fingerprint density at radius 1 is 1.10 bits per heavy atom. The van der Waals surface area contributed by atoms with Crippen molar-refractivity contribution >= 4 is 22.7 Å². The molecule has 9 nitrogen and oxygen atoms in total. The van der Waals surface area contributed by atoms with Gasteiger partial charge in [-0.3, -0.25) is 9.36 Å². The number of rotatable bonds is 6. The molecular weight excluding hydrogens is 503 g/mol. The first kappa shape index (κ1) is 23.3. The van der Waals surface area contributed by atoms with Crippen molar-refractivity contribution < 1.29 is 28.3 Å². The summed E-state index contributed by atoms with van der Waals surface area (Å²) < 4.78 is 33.5. The summed E-state index contributed by atoms with van der Waals surface area (Å²) in [5.74, 6) is 1.15. The van der Waals surface area contributed by atoms with E-state index in [4.69, 9.17) is 24.1 Å². The molecular formula is C29H23FN4O5. The second-order valence-electron chi connectivity index (χ2n) is 9.79. The highest BCUT2D eigenvalue weighted by Crippen LogP contribution is 2.43. The minimum atomic E-state index is -0.843. The molecule has 0 amide bonds. The molecule has 196 valence electrons. The van der Waals surface area contributed by atoms with Crippen molar-refractivity contribution in [2.24, 2.45) is 0 Å². The first-order valence-corrected chi connectivity index (χ1v) is 12.6. The summed E-state index contributed by atoms with van der Waals surface area (Å²) in [7, 11) is 0. The Bertz CT molecular complexity index is 1760. The monoisotopic (exact) mass is 526 g/mol. The highest BCUT2D eigenvalue weighted by atomic mass is 19.1. The van der Waals surface area contributed by atoms with Crippen LogP contribution in [-0.4, -0.2) is 39.0 Å². The van der Waals surface area contributed by atoms with Gasteiger partial charge < -0.3 is 24.4 Å². The van der Waals surface area contributed by atoms with E-state index < -0.39 is 5.97 Å². The third-order valence-corrected chi connectivity index (χ3v) is 7.16. The lowest BCUT2D eigenvalue weighted by Crippen LogP contribution is -2.11. The molecule has 0 spiro atoms. The number of aromatic nitrogens is 3. The minimum absolute atomic E-state index is 0.0368. The number of carbonyl (C=O) groups is 1. The van der Waals surface area contributed by atoms with Crippen LogP contribution in [0.15, 0.2) is 65.2 Å². The lowest BCUT2D eigenvalue weighted by atomic mass is 9.97. The molecule has 0 saturated carbocycles. The Hall–Kier alpha value is -4.86. The van der Waals surface area contributed by atoms with Crippen LogP contribution in [-0.2, 0) is 4.79 Å². The summed E-state index contributed by atoms with van der Waals surface area (Å²) in [4.78, 5) is 15.9. The van der Waals surface area contributed by atoms with Crippen LogP contribution in [0.25, 0.3) is 28.2 Å². The average Bonchev–Trinajstić information content (AvgIpc) is 3.69. The molecule has 0 fully saturated rings. The van der Waals surface area contributed by atoms with Gasteiger partial charge in [-0.2, -0.15) is 0 Å². The maximum atomic E-state index is 14.4. The van der Waals surface area contributed by atoms with Gasteiger partial charge in [-0.1, -0.05) is 23.4 Å². The van der Waals surface area contributed by atoms with Crippen LogP contribution in [0.3, 0.4) is 0 Å². The maximum absolute atomic E-state index is 14.4. The Morgan fingerprint density at radius 3 is 2.82 bits per heavy atom. The quantitative estimate of drug-likeness (QED) is 0.293. The number of nitrogens with zero attached hydrogens (tertiary/aromatic N) is 3. The van der Waals surface area contributed by atoms with E-state index in [0.717, 1.165) is 16.8 Å². The number of nitrogens with one attached hydrogen (secondary N) is 1. The summed E-state index contributed by atoms with van der Waals surface area (Å²) in [6.07, 6.45) is 0.0368. The summed E-state index contributed by atoms with van der Waals surface area (Å²) in [6.45, 7) is 2.54. The molecule has 39 heavy (non-hydrogen) atoms. The molecule has 10 heteroatoms. The molecule has 2 atom stereocenters. The number of carboxylic acid groups (broad SMARTS) is 1. The molecule has 2 aromatic heterocycles. The standard InChI is InChI=1S/C29H23FN4O5/c1-15-9-22(33-39-15)29-32-21-8-5-17(30)11-25(21)34(29)24-4-2-3-20-23(14-38-28(20)24)31-18-6-7-19-16(10-27(35)36)13-37-26(19)12-18/h2-9,11-12,16,23,31H,10,13-14H2,1H3,(H,35,36)/t16-,23-/m1/s1. The first-order chi connectivity index (χ1) is 18.9. The molecule has 4 heterocycles. The molecule has 0 unspecified atom stereocenters. The molecule has 3 aromatic carbocycles. The zero-order valence-corrected chi connectivity index (χ0v) is 20.8. The van der Waals surface area contributed by atoms with E-state index in [1.54, 1.807) is 19.1 Å². The molecule has 7 rings (SSSR count). The lowest BCUT2D eigenvalue weighted by Gasteiger charge is -2.15. The average molecular weight is 527 g/mol. The normalized spacial score (nSPS) is 17.5. The Morgan fingerprint density at radius 2 is 2.00 bits per heavy atom. The Balaban J connectivity index is 1.26. The molecule has 5 aromatic rings. The molecule has 2 aliphatic heterocycles. The molecule has 2 aliphatic rings. The van der Waals surface area contributed by atoms with Gasteiger partial charge >= 0.3 is 5.97 Å². The van der Waals surface area contributed by atoms with E-state index in [-0.39, 0.29) is 24.2 Å². The van der Waals surface area contributed by atoms with Crippen LogP contribution < -0.4 is 14.8 Å². The zero-order valence-electron chi connectivity index (χ0n) is 20.8. The van der Waals surface area contributed by atoms with Crippen molar-refractivity contribution in [1.82, 2.24) is 14.7 Å². The van der Waals surface area contributed by atoms with Gasteiger partial charge in [0.1, 0.15) is 35.4 Å². The van der Waals surface area contributed by atoms with E-state index in [1.165, 1.54) is 12.1 Å². The summed E-state index contributed by atoms with van der Waals surface area (Å²) in [6, 6.07) is 17.7. The number of anilines is 1. The van der Waals surface area contributed by atoms with Gasteiger partial charge in [-0.25, -0.2) is 9.37 Å². The number of benzene rings is 3. The first-order valence-electron chi connectivity index (χ1n) is 12.6. The number of fused-ring (bicyclic) bond motifs is 3. The minimum Gasteiger partial charge on any atom is -0.493 e. The Kier molecular flexibility index (Phi) is 5.29. The largest absolute Gasteiger partial charge is 0.493 e. The number of aliphatic carboxylic acids is 1. The number of aryl methyl sites for hydroxylation is 1. The molecule has 0 aliphatic carbocycles. The fourth-order valence-corrected chi connectivity index (χ4v) is 5.41. The third kappa shape index (κ3) is 3.96. The number of para-hydroxylation sites is 1. The number of carboxylic acids is 1. The highest BCUT2D eigenvalue weighted by Gasteiger charge is 2.31. The van der Waals surface area contributed by atoms with Gasteiger partial charge in [0.25, 0.3) is 0 Å². The van der Waals surface area contributed by atoms with E-state index >= 15 is 0 Å². The second-order valence-corrected chi connectivity index (χ2v) is 9.79. The number of hydrogen-bond acceptors (Lipinski definition) is 7. The zero-order chi connectivity index (χ0) is 26.7. The number of hydrogen-bond donors (Lipinski definition) is 2. The topological polar surface area (TPSA) is 112 Å². The summed E-state index contributed by atoms with van der Waals surface area (Å²) in [5.41, 5.74) is 5.15. The van der Waals surface area contributed by atoms with Crippen LogP contribution in [0.1, 0.15) is 35.3 Å². The molecule has 0 saturated heterocycles. The predicted molar refractivity (Wildman–Crippen MR) is 140 cm³/mol. The van der Waals surface area contributed by atoms with Gasteiger partial charge in [0.15, 0.2) is 5.82 Å². The highest BCUT2D eigenvalue weighted by molar-refractivity contribution is 5.84. The van der Waals surface area contributed by atoms with Crippen molar-refractivity contribution in [3.05, 3.63) is 83.4 Å². The maximum Gasteiger partial charge on any atom is 0.304 e. The molecule has 2 N–H and O–H groups in total. The van der Waals surface area contributed by atoms with Crippen LogP contribution in [0.2, 0.25) is 0 Å². The smallest absolute Gasteiger partial charge is 0.304 e. The number of imidazole rings is 1. The van der Waals surface area contributed by atoms with Crippen LogP contribution in [0.4, 0.5) is 10.1 Å². The SMILES string of the molecule is Cc1cc(-c2nc3ccc(F)cc3n2-c2cccc3c2OC[C@H]3Nc2ccc3c(c2)OC[C@H]3CC(=O)O)no1. The van der Waals surface area contributed by atoms with E-state index in [2.05, 4.69) is 10.5 Å². The van der Waals surface area contributed by atoms with Gasteiger partial charge in [0, 0.05) is 40.9 Å². The van der Waals surface area contributed by atoms with Crippen molar-refractivity contribution in [2.45, 2.75) is 25.3 Å². The van der Waals surface area contributed by atoms with Gasteiger partial charge in [0.2, 0.25) is 0 Å². The van der Waals surface area contributed by atoms with Crippen LogP contribution in [0.5, 0.6) is 11.5 Å². The number of ether oxygens (including phenoxy) is 2. The van der Waals surface area contributed by atoms with Crippen molar-refractivity contribution in [3.8, 4) is 28.7 Å². The summed E-state index contributed by atoms with van der Waals surface area (Å²) in [5, 5.41) is 16.8. The molecule has 0 bridgehead atoms. The summed E-state index contributed by atoms with van der Waals surface area (Å²) >= 11 is 0. The van der Waals surface area contributed by atoms with Gasteiger partial charge in [0.05, 0.1) is 35.8 Å². The second kappa shape index (κ2) is 8.87. The van der Waals surface area contributed by atoms with Crippen molar-refractivity contribution in [3.63, 3.8) is 0 Å². The van der Waals surface area contributed by atoms with E-state index in [0.29, 0.717) is 58.7 Å². The Labute approximate surface area is 221 Å². The van der Waals surface area contributed by atoms with E-state index in [1.807, 2.05) is 41.0 Å². The lowest BCUT2D eigenvalue weighted by molar-refractivity contribution is -0.137.